The molecule has 3 aromatic carbocycles. The van der Waals surface area contributed by atoms with Crippen LogP contribution < -0.4 is 16.1 Å². The van der Waals surface area contributed by atoms with E-state index >= 15 is 0 Å². The van der Waals surface area contributed by atoms with Crippen molar-refractivity contribution in [1.82, 2.24) is 5.43 Å². The molecule has 0 unspecified atom stereocenters. The van der Waals surface area contributed by atoms with Gasteiger partial charge in [-0.25, -0.2) is 0 Å². The van der Waals surface area contributed by atoms with Crippen molar-refractivity contribution in [2.75, 3.05) is 10.6 Å². The van der Waals surface area contributed by atoms with Crippen LogP contribution in [-0.4, -0.2) is 10.9 Å². The molecule has 0 bridgehead atoms. The van der Waals surface area contributed by atoms with E-state index in [9.17, 15) is 5.11 Å². The van der Waals surface area contributed by atoms with Gasteiger partial charge in [0.05, 0.1) is 11.3 Å². The van der Waals surface area contributed by atoms with Gasteiger partial charge in [0.25, 0.3) is 0 Å². The number of nitrogen functional groups attached to an aromatic ring is 1. The third-order valence-corrected chi connectivity index (χ3v) is 4.04. The van der Waals surface area contributed by atoms with E-state index in [1.807, 2.05) is 29.2 Å². The van der Waals surface area contributed by atoms with Gasteiger partial charge in [0, 0.05) is 17.1 Å². The molecule has 0 radical (unpaired) electrons. The van der Waals surface area contributed by atoms with Crippen molar-refractivity contribution >= 4 is 28.0 Å². The van der Waals surface area contributed by atoms with E-state index in [2.05, 4.69) is 35.3 Å². The van der Waals surface area contributed by atoms with Crippen molar-refractivity contribution in [3.63, 3.8) is 0 Å². The number of nitrogens with zero attached hydrogens (tertiary/aromatic N) is 2. The Kier molecular flexibility index (Phi) is 3.13. The molecule has 1 aliphatic rings. The molecule has 3 aromatic rings. The van der Waals surface area contributed by atoms with E-state index < -0.39 is 0 Å². The fourth-order valence-corrected chi connectivity index (χ4v) is 2.93. The first-order valence-electron chi connectivity index (χ1n) is 7.54. The van der Waals surface area contributed by atoms with Gasteiger partial charge in [0.2, 0.25) is 0 Å². The first-order chi connectivity index (χ1) is 11.6. The summed E-state index contributed by atoms with van der Waals surface area (Å²) < 4.78 is 0. The Hall–Kier alpha value is -3.47. The molecule has 0 spiro atoms. The number of rotatable bonds is 2. The first kappa shape index (κ1) is 14.1. The van der Waals surface area contributed by atoms with Gasteiger partial charge in [-0.1, -0.05) is 43.0 Å². The number of aromatic hydroxyl groups is 1. The van der Waals surface area contributed by atoms with Crippen molar-refractivity contribution in [3.05, 3.63) is 78.6 Å². The van der Waals surface area contributed by atoms with Gasteiger partial charge in [-0.15, -0.1) is 0 Å². The summed E-state index contributed by atoms with van der Waals surface area (Å²) in [4.78, 5) is 1.90. The van der Waals surface area contributed by atoms with Gasteiger partial charge in [-0.3, -0.25) is 10.3 Å². The molecule has 4 N–H and O–H groups in total. The molecule has 118 valence electrons. The van der Waals surface area contributed by atoms with Gasteiger partial charge in [0.15, 0.2) is 5.84 Å². The molecule has 0 amide bonds. The number of nitrogens with two attached hydrogens (primary N) is 1. The van der Waals surface area contributed by atoms with Gasteiger partial charge in [-0.05, 0) is 23.6 Å². The van der Waals surface area contributed by atoms with Crippen LogP contribution in [0.1, 0.15) is 5.56 Å². The summed E-state index contributed by atoms with van der Waals surface area (Å²) in [6.07, 6.45) is 0. The molecule has 1 heterocycles. The van der Waals surface area contributed by atoms with Crippen LogP contribution in [0.5, 0.6) is 5.75 Å². The molecule has 0 saturated heterocycles. The van der Waals surface area contributed by atoms with Crippen LogP contribution in [0.25, 0.3) is 10.8 Å². The lowest BCUT2D eigenvalue weighted by Gasteiger charge is -2.22. The maximum atomic E-state index is 10.3. The van der Waals surface area contributed by atoms with E-state index in [0.717, 1.165) is 16.5 Å². The highest BCUT2D eigenvalue weighted by Crippen LogP contribution is 2.33. The van der Waals surface area contributed by atoms with Crippen molar-refractivity contribution in [1.29, 1.82) is 0 Å². The van der Waals surface area contributed by atoms with E-state index in [0.29, 0.717) is 22.9 Å². The second kappa shape index (κ2) is 5.31. The highest BCUT2D eigenvalue weighted by atomic mass is 16.3. The summed E-state index contributed by atoms with van der Waals surface area (Å²) in [5, 5.41) is 16.8. The lowest BCUT2D eigenvalue weighted by molar-refractivity contribution is 0.474. The lowest BCUT2D eigenvalue weighted by atomic mass is 10.1. The molecule has 4 rings (SSSR count). The van der Waals surface area contributed by atoms with E-state index in [1.54, 1.807) is 12.1 Å². The average Bonchev–Trinajstić information content (AvgIpc) is 2.95. The maximum Gasteiger partial charge on any atom is 0.170 e. The predicted octanol–water partition coefficient (Wildman–Crippen LogP) is 3.37. The number of hydrazone groups is 1. The molecule has 0 atom stereocenters. The molecule has 0 aromatic heterocycles. The van der Waals surface area contributed by atoms with Crippen LogP contribution in [0.3, 0.4) is 0 Å². The molecule has 1 aliphatic heterocycles. The van der Waals surface area contributed by atoms with Crippen LogP contribution in [-0.2, 0) is 0 Å². The van der Waals surface area contributed by atoms with Crippen LogP contribution in [0, 0.1) is 0 Å². The SMILES string of the molecule is C=C1NN=C(c2ccc(N)cc2O)N1c1cccc2ccccc12. The Balaban J connectivity index is 1.89. The van der Waals surface area contributed by atoms with Crippen LogP contribution in [0.15, 0.2) is 78.2 Å². The largest absolute Gasteiger partial charge is 0.507 e. The van der Waals surface area contributed by atoms with Crippen molar-refractivity contribution in [2.24, 2.45) is 5.10 Å². The zero-order valence-corrected chi connectivity index (χ0v) is 12.9. The standard InChI is InChI=1S/C19H16N4O/c1-12-21-22-19(16-10-9-14(20)11-18(16)24)23(12)17-8-4-6-13-5-2-3-7-15(13)17/h2-11,21,24H,1,20H2. The van der Waals surface area contributed by atoms with E-state index in [1.165, 1.54) is 6.07 Å². The Morgan fingerprint density at radius 1 is 1.04 bits per heavy atom. The zero-order chi connectivity index (χ0) is 16.7. The molecule has 24 heavy (non-hydrogen) atoms. The third-order valence-electron chi connectivity index (χ3n) is 4.04. The number of amidine groups is 1. The molecular formula is C19H16N4O. The summed E-state index contributed by atoms with van der Waals surface area (Å²) in [5.41, 5.74) is 10.7. The highest BCUT2D eigenvalue weighted by molar-refractivity contribution is 6.17. The Morgan fingerprint density at radius 2 is 1.83 bits per heavy atom. The number of nitrogens with one attached hydrogen (secondary N) is 1. The van der Waals surface area contributed by atoms with E-state index in [-0.39, 0.29) is 5.75 Å². The fourth-order valence-electron chi connectivity index (χ4n) is 2.93. The summed E-state index contributed by atoms with van der Waals surface area (Å²) in [7, 11) is 0. The molecule has 5 heteroatoms. The molecule has 5 nitrogen and oxygen atoms in total. The number of phenols is 1. The minimum atomic E-state index is 0.0792. The molecular weight excluding hydrogens is 300 g/mol. The number of fused-ring (bicyclic) bond motifs is 1. The van der Waals surface area contributed by atoms with Gasteiger partial charge >= 0.3 is 0 Å². The van der Waals surface area contributed by atoms with Crippen LogP contribution in [0.4, 0.5) is 11.4 Å². The highest BCUT2D eigenvalue weighted by Gasteiger charge is 2.27. The van der Waals surface area contributed by atoms with Crippen molar-refractivity contribution in [3.8, 4) is 5.75 Å². The van der Waals surface area contributed by atoms with Gasteiger partial charge in [-0.2, -0.15) is 5.10 Å². The van der Waals surface area contributed by atoms with Gasteiger partial charge in [0.1, 0.15) is 11.6 Å². The second-order valence-corrected chi connectivity index (χ2v) is 5.60. The molecule has 0 fully saturated rings. The quantitative estimate of drug-likeness (QED) is 0.634. The second-order valence-electron chi connectivity index (χ2n) is 5.60. The Labute approximate surface area is 139 Å². The lowest BCUT2D eigenvalue weighted by Crippen LogP contribution is -2.27. The summed E-state index contributed by atoms with van der Waals surface area (Å²) in [5.74, 6) is 1.28. The third kappa shape index (κ3) is 2.14. The van der Waals surface area contributed by atoms with Crippen molar-refractivity contribution in [2.45, 2.75) is 0 Å². The summed E-state index contributed by atoms with van der Waals surface area (Å²) >= 11 is 0. The minimum absolute atomic E-state index is 0.0792. The predicted molar refractivity (Wildman–Crippen MR) is 97.8 cm³/mol. The Bertz CT molecular complexity index is 988. The zero-order valence-electron chi connectivity index (χ0n) is 12.9. The van der Waals surface area contributed by atoms with Crippen molar-refractivity contribution < 1.29 is 5.11 Å². The molecule has 0 aliphatic carbocycles. The van der Waals surface area contributed by atoms with E-state index in [4.69, 9.17) is 5.73 Å². The summed E-state index contributed by atoms with van der Waals surface area (Å²) in [6.45, 7) is 4.04. The number of phenolic OH excluding ortho intramolecular Hbond substituents is 1. The number of hydrogen-bond acceptors (Lipinski definition) is 5. The first-order valence-corrected chi connectivity index (χ1v) is 7.54. The minimum Gasteiger partial charge on any atom is -0.507 e. The molecule has 0 saturated carbocycles. The maximum absolute atomic E-state index is 10.3. The summed E-state index contributed by atoms with van der Waals surface area (Å²) in [6, 6.07) is 19.2. The number of benzene rings is 3. The van der Waals surface area contributed by atoms with Crippen LogP contribution in [0.2, 0.25) is 0 Å². The number of anilines is 2. The normalized spacial score (nSPS) is 13.9. The smallest absolute Gasteiger partial charge is 0.170 e. The van der Waals surface area contributed by atoms with Gasteiger partial charge < -0.3 is 10.8 Å². The fraction of sp³-hybridized carbons (Fsp3) is 0. The average molecular weight is 316 g/mol. The Morgan fingerprint density at radius 3 is 2.67 bits per heavy atom. The monoisotopic (exact) mass is 316 g/mol. The number of hydrogen-bond donors (Lipinski definition) is 3. The van der Waals surface area contributed by atoms with Crippen LogP contribution >= 0.6 is 0 Å². The topological polar surface area (TPSA) is 73.9 Å².